The molecule has 2 heterocycles. The molecule has 3 amide bonds. The molecular formula is C24H21N3O3. The lowest BCUT2D eigenvalue weighted by atomic mass is 10.1. The Kier molecular flexibility index (Phi) is 5.14. The third kappa shape index (κ3) is 3.72. The molecule has 6 heteroatoms. The third-order valence-corrected chi connectivity index (χ3v) is 5.05. The normalized spacial score (nSPS) is 12.8. The number of rotatable bonds is 5. The van der Waals surface area contributed by atoms with Crippen LogP contribution in [0.1, 0.15) is 37.4 Å². The fourth-order valence-corrected chi connectivity index (χ4v) is 3.71. The molecule has 0 spiro atoms. The van der Waals surface area contributed by atoms with Gasteiger partial charge in [-0.2, -0.15) is 0 Å². The molecule has 0 bridgehead atoms. The molecule has 0 N–H and O–H groups in total. The molecule has 1 aliphatic rings. The largest absolute Gasteiger partial charge is 0.306 e. The molecule has 0 fully saturated rings. The Hall–Kier alpha value is -3.80. The van der Waals surface area contributed by atoms with Crippen LogP contribution in [0.2, 0.25) is 0 Å². The van der Waals surface area contributed by atoms with Gasteiger partial charge in [0.05, 0.1) is 17.7 Å². The number of fused-ring (bicyclic) bond motifs is 1. The molecule has 0 aliphatic carbocycles. The second-order valence-corrected chi connectivity index (χ2v) is 7.43. The van der Waals surface area contributed by atoms with Crippen molar-refractivity contribution in [3.8, 4) is 0 Å². The van der Waals surface area contributed by atoms with Crippen LogP contribution in [0.15, 0.2) is 67.0 Å². The number of anilines is 1. The molecular weight excluding hydrogens is 378 g/mol. The van der Waals surface area contributed by atoms with E-state index < -0.39 is 11.8 Å². The summed E-state index contributed by atoms with van der Waals surface area (Å²) < 4.78 is 0. The van der Waals surface area contributed by atoms with Crippen molar-refractivity contribution in [3.05, 3.63) is 94.8 Å². The molecule has 6 nitrogen and oxygen atoms in total. The number of nitrogens with zero attached hydrogens (tertiary/aromatic N) is 3. The van der Waals surface area contributed by atoms with Gasteiger partial charge in [0.2, 0.25) is 5.91 Å². The zero-order valence-electron chi connectivity index (χ0n) is 16.8. The summed E-state index contributed by atoms with van der Waals surface area (Å²) in [5.74, 6) is -1.21. The van der Waals surface area contributed by atoms with Gasteiger partial charge in [-0.3, -0.25) is 24.3 Å². The van der Waals surface area contributed by atoms with Crippen molar-refractivity contribution in [1.29, 1.82) is 0 Å². The van der Waals surface area contributed by atoms with Crippen molar-refractivity contribution in [1.82, 2.24) is 9.88 Å². The van der Waals surface area contributed by atoms with Crippen LogP contribution in [0.4, 0.5) is 5.69 Å². The Labute approximate surface area is 174 Å². The zero-order chi connectivity index (χ0) is 21.3. The summed E-state index contributed by atoms with van der Waals surface area (Å²) >= 11 is 0. The van der Waals surface area contributed by atoms with Crippen LogP contribution in [0.5, 0.6) is 0 Å². The first-order chi connectivity index (χ1) is 14.4. The first-order valence-corrected chi connectivity index (χ1v) is 9.67. The number of aromatic nitrogens is 1. The van der Waals surface area contributed by atoms with Crippen LogP contribution in [0.3, 0.4) is 0 Å². The molecule has 0 radical (unpaired) electrons. The van der Waals surface area contributed by atoms with Gasteiger partial charge < -0.3 is 4.90 Å². The van der Waals surface area contributed by atoms with Gasteiger partial charge in [-0.1, -0.05) is 24.3 Å². The molecule has 0 atom stereocenters. The second kappa shape index (κ2) is 7.91. The molecule has 0 unspecified atom stereocenters. The molecule has 4 rings (SSSR count). The summed E-state index contributed by atoms with van der Waals surface area (Å²) in [4.78, 5) is 45.5. The number of benzene rings is 2. The van der Waals surface area contributed by atoms with Crippen molar-refractivity contribution in [2.75, 3.05) is 11.4 Å². The quantitative estimate of drug-likeness (QED) is 0.616. The van der Waals surface area contributed by atoms with E-state index >= 15 is 0 Å². The summed E-state index contributed by atoms with van der Waals surface area (Å²) in [7, 11) is 0. The van der Waals surface area contributed by atoms with E-state index in [1.54, 1.807) is 41.6 Å². The maximum Gasteiger partial charge on any atom is 0.262 e. The van der Waals surface area contributed by atoms with Gasteiger partial charge >= 0.3 is 0 Å². The minimum atomic E-state index is -0.439. The van der Waals surface area contributed by atoms with Crippen LogP contribution < -0.4 is 4.90 Å². The second-order valence-electron chi connectivity index (χ2n) is 7.43. The van der Waals surface area contributed by atoms with E-state index in [0.717, 1.165) is 27.3 Å². The molecule has 0 saturated heterocycles. The van der Waals surface area contributed by atoms with Crippen LogP contribution in [-0.4, -0.2) is 34.2 Å². The number of hydrogen-bond acceptors (Lipinski definition) is 4. The van der Waals surface area contributed by atoms with Gasteiger partial charge in [0.15, 0.2) is 0 Å². The monoisotopic (exact) mass is 399 g/mol. The summed E-state index contributed by atoms with van der Waals surface area (Å²) in [6.07, 6.45) is 3.37. The first kappa shape index (κ1) is 19.5. The Morgan fingerprint density at radius 1 is 0.933 bits per heavy atom. The van der Waals surface area contributed by atoms with Crippen molar-refractivity contribution < 1.29 is 14.4 Å². The maximum absolute atomic E-state index is 13.3. The highest BCUT2D eigenvalue weighted by Gasteiger charge is 2.37. The molecule has 1 aromatic heterocycles. The number of carbonyl (C=O) groups is 3. The minimum Gasteiger partial charge on any atom is -0.306 e. The SMILES string of the molecule is Cc1cc(C)cc(N(Cc2cccnc2)C(=O)CN2C(=O)c3ccccc3C2=O)c1. The van der Waals surface area contributed by atoms with Crippen LogP contribution in [0.25, 0.3) is 0 Å². The fourth-order valence-electron chi connectivity index (χ4n) is 3.71. The molecule has 150 valence electrons. The molecule has 0 saturated carbocycles. The number of amides is 3. The Balaban J connectivity index is 1.64. The maximum atomic E-state index is 13.3. The predicted octanol–water partition coefficient (Wildman–Crippen LogP) is 3.53. The summed E-state index contributed by atoms with van der Waals surface area (Å²) in [6, 6.07) is 16.2. The van der Waals surface area contributed by atoms with Gasteiger partial charge in [0.1, 0.15) is 6.54 Å². The lowest BCUT2D eigenvalue weighted by molar-refractivity contribution is -0.119. The minimum absolute atomic E-state index is 0.290. The van der Waals surface area contributed by atoms with Crippen molar-refractivity contribution in [3.63, 3.8) is 0 Å². The molecule has 1 aliphatic heterocycles. The highest BCUT2D eigenvalue weighted by molar-refractivity contribution is 6.22. The predicted molar refractivity (Wildman–Crippen MR) is 113 cm³/mol. The topological polar surface area (TPSA) is 70.6 Å². The Morgan fingerprint density at radius 2 is 1.57 bits per heavy atom. The van der Waals surface area contributed by atoms with E-state index in [0.29, 0.717) is 17.7 Å². The fraction of sp³-hybridized carbons (Fsp3) is 0.167. The Bertz CT molecular complexity index is 1090. The molecule has 2 aromatic carbocycles. The van der Waals surface area contributed by atoms with E-state index in [-0.39, 0.29) is 12.5 Å². The van der Waals surface area contributed by atoms with Crippen LogP contribution >= 0.6 is 0 Å². The molecule has 30 heavy (non-hydrogen) atoms. The number of carbonyl (C=O) groups excluding carboxylic acids is 3. The number of aryl methyl sites for hydroxylation is 2. The summed E-state index contributed by atoms with van der Waals surface area (Å²) in [5, 5.41) is 0. The number of hydrogen-bond donors (Lipinski definition) is 0. The van der Waals surface area contributed by atoms with Gasteiger partial charge in [0.25, 0.3) is 11.8 Å². The van der Waals surface area contributed by atoms with Crippen molar-refractivity contribution >= 4 is 23.4 Å². The van der Waals surface area contributed by atoms with Gasteiger partial charge in [0, 0.05) is 18.1 Å². The third-order valence-electron chi connectivity index (χ3n) is 5.05. The van der Waals surface area contributed by atoms with E-state index in [9.17, 15) is 14.4 Å². The zero-order valence-corrected chi connectivity index (χ0v) is 16.8. The average Bonchev–Trinajstić information content (AvgIpc) is 2.97. The number of imide groups is 1. The van der Waals surface area contributed by atoms with E-state index in [1.165, 1.54) is 0 Å². The average molecular weight is 399 g/mol. The smallest absolute Gasteiger partial charge is 0.262 e. The lowest BCUT2D eigenvalue weighted by Gasteiger charge is -2.26. The van der Waals surface area contributed by atoms with Gasteiger partial charge in [-0.25, -0.2) is 0 Å². The molecule has 3 aromatic rings. The summed E-state index contributed by atoms with van der Waals surface area (Å²) in [5.41, 5.74) is 4.29. The summed E-state index contributed by atoms with van der Waals surface area (Å²) in [6.45, 7) is 3.90. The highest BCUT2D eigenvalue weighted by atomic mass is 16.2. The number of pyridine rings is 1. The highest BCUT2D eigenvalue weighted by Crippen LogP contribution is 2.25. The van der Waals surface area contributed by atoms with Gasteiger partial charge in [-0.15, -0.1) is 0 Å². The van der Waals surface area contributed by atoms with E-state index in [2.05, 4.69) is 4.98 Å². The van der Waals surface area contributed by atoms with Crippen LogP contribution in [0, 0.1) is 13.8 Å². The van der Waals surface area contributed by atoms with Crippen LogP contribution in [-0.2, 0) is 11.3 Å². The van der Waals surface area contributed by atoms with E-state index in [4.69, 9.17) is 0 Å². The van der Waals surface area contributed by atoms with Crippen molar-refractivity contribution in [2.24, 2.45) is 0 Å². The van der Waals surface area contributed by atoms with E-state index in [1.807, 2.05) is 44.2 Å². The Morgan fingerprint density at radius 3 is 2.13 bits per heavy atom. The first-order valence-electron chi connectivity index (χ1n) is 9.67. The standard InChI is InChI=1S/C24H21N3O3/c1-16-10-17(2)12-19(11-16)26(14-18-6-5-9-25-13-18)22(28)15-27-23(29)20-7-3-4-8-21(20)24(27)30/h3-13H,14-15H2,1-2H3. The van der Waals surface area contributed by atoms with Gasteiger partial charge in [-0.05, 0) is 60.9 Å². The van der Waals surface area contributed by atoms with Crippen molar-refractivity contribution in [2.45, 2.75) is 20.4 Å². The lowest BCUT2D eigenvalue weighted by Crippen LogP contribution is -2.42.